The van der Waals surface area contributed by atoms with Crippen LogP contribution in [0.5, 0.6) is 0 Å². The minimum atomic E-state index is -1.61. The van der Waals surface area contributed by atoms with Crippen molar-refractivity contribution >= 4 is 11.9 Å². The molecule has 0 aliphatic carbocycles. The summed E-state index contributed by atoms with van der Waals surface area (Å²) in [7, 11) is 0. The number of allylic oxidation sites excluding steroid dienone is 7. The van der Waals surface area contributed by atoms with Crippen LogP contribution in [0, 0.1) is 0 Å². The normalized spacial score (nSPS) is 19.2. The molecule has 1 fully saturated rings. The van der Waals surface area contributed by atoms with Gasteiger partial charge in [0.2, 0.25) is 5.91 Å². The number of rotatable bonds is 56. The number of carbonyl (C=O) groups is 2. The molecule has 8 atom stereocenters. The number of amides is 1. The summed E-state index contributed by atoms with van der Waals surface area (Å²) in [5.41, 5.74) is 0. The van der Waals surface area contributed by atoms with Crippen molar-refractivity contribution in [1.29, 1.82) is 0 Å². The summed E-state index contributed by atoms with van der Waals surface area (Å²) in [6, 6.07) is -1.03. The predicted octanol–water partition coefficient (Wildman–Crippen LogP) is 16.0. The van der Waals surface area contributed by atoms with E-state index in [0.717, 1.165) is 77.0 Å². The van der Waals surface area contributed by atoms with Gasteiger partial charge < -0.3 is 45.1 Å². The Morgan fingerprint density at radius 1 is 0.500 bits per heavy atom. The van der Waals surface area contributed by atoms with Crippen LogP contribution in [0.25, 0.3) is 0 Å². The van der Waals surface area contributed by atoms with Gasteiger partial charge >= 0.3 is 5.97 Å². The van der Waals surface area contributed by atoms with E-state index < -0.39 is 67.4 Å². The van der Waals surface area contributed by atoms with Crippen molar-refractivity contribution in [3.05, 3.63) is 48.6 Å². The Labute approximate surface area is 478 Å². The third kappa shape index (κ3) is 42.5. The molecule has 1 amide bonds. The van der Waals surface area contributed by atoms with Crippen molar-refractivity contribution in [2.45, 2.75) is 352 Å². The number of hydrogen-bond donors (Lipinski definition) is 6. The van der Waals surface area contributed by atoms with E-state index in [4.69, 9.17) is 14.2 Å². The Hall–Kier alpha value is -2.38. The number of nitrogens with one attached hydrogen (secondary N) is 1. The summed E-state index contributed by atoms with van der Waals surface area (Å²) in [4.78, 5) is 26.5. The van der Waals surface area contributed by atoms with E-state index in [1.165, 1.54) is 180 Å². The molecule has 11 nitrogen and oxygen atoms in total. The molecule has 0 aromatic rings. The summed E-state index contributed by atoms with van der Waals surface area (Å²) >= 11 is 0. The fraction of sp³-hybridized carbons (Fsp3) is 0.851. The van der Waals surface area contributed by atoms with Gasteiger partial charge in [0.1, 0.15) is 24.4 Å². The van der Waals surface area contributed by atoms with Gasteiger partial charge in [-0.15, -0.1) is 0 Å². The van der Waals surface area contributed by atoms with Crippen LogP contribution < -0.4 is 5.32 Å². The fourth-order valence-electron chi connectivity index (χ4n) is 10.2. The molecular weight excluding hydrogens is 979 g/mol. The number of aliphatic hydroxyl groups excluding tert-OH is 5. The van der Waals surface area contributed by atoms with Crippen LogP contribution in [-0.2, 0) is 23.8 Å². The molecule has 1 aliphatic rings. The number of ether oxygens (including phenoxy) is 3. The SMILES string of the molecule is CCCC/C=C\CCCCCCC(O)C(=O)NC(COC1OC(CO)C(O)C(O)C1OC(=O)CCCCCCCCCCCCCCCCCCC/C=C\C/C=C\CCCCC)C(O)/C=C/CCCCCCCCCCCC. The minimum Gasteiger partial charge on any atom is -0.454 e. The molecule has 0 radical (unpaired) electrons. The molecule has 456 valence electrons. The van der Waals surface area contributed by atoms with Gasteiger partial charge in [0.15, 0.2) is 12.4 Å². The van der Waals surface area contributed by atoms with E-state index in [1.807, 2.05) is 6.08 Å². The number of unbranched alkanes of at least 4 members (excludes halogenated alkanes) is 36. The lowest BCUT2D eigenvalue weighted by Gasteiger charge is -2.41. The first-order valence-corrected chi connectivity index (χ1v) is 32.9. The molecule has 8 unspecified atom stereocenters. The van der Waals surface area contributed by atoms with Crippen LogP contribution in [-0.4, -0.2) is 99.6 Å². The Kier molecular flexibility index (Phi) is 52.1. The largest absolute Gasteiger partial charge is 0.454 e. The zero-order valence-electron chi connectivity index (χ0n) is 50.5. The number of esters is 1. The second-order valence-corrected chi connectivity index (χ2v) is 22.8. The highest BCUT2D eigenvalue weighted by atomic mass is 16.7. The second-order valence-electron chi connectivity index (χ2n) is 22.8. The minimum absolute atomic E-state index is 0.125. The maximum Gasteiger partial charge on any atom is 0.306 e. The van der Waals surface area contributed by atoms with Crippen molar-refractivity contribution in [3.8, 4) is 0 Å². The Morgan fingerprint density at radius 3 is 1.38 bits per heavy atom. The van der Waals surface area contributed by atoms with Crippen molar-refractivity contribution < 1.29 is 49.3 Å². The molecule has 1 rings (SSSR count). The van der Waals surface area contributed by atoms with Gasteiger partial charge in [0, 0.05) is 6.42 Å². The summed E-state index contributed by atoms with van der Waals surface area (Å²) in [6.07, 6.45) is 57.5. The first-order valence-electron chi connectivity index (χ1n) is 32.9. The Bertz CT molecular complexity index is 1450. The molecule has 0 bridgehead atoms. The van der Waals surface area contributed by atoms with Gasteiger partial charge in [0.25, 0.3) is 0 Å². The maximum absolute atomic E-state index is 13.4. The van der Waals surface area contributed by atoms with Crippen molar-refractivity contribution in [2.24, 2.45) is 0 Å². The van der Waals surface area contributed by atoms with Gasteiger partial charge in [0.05, 0.1) is 25.4 Å². The lowest BCUT2D eigenvalue weighted by Crippen LogP contribution is -2.61. The summed E-state index contributed by atoms with van der Waals surface area (Å²) < 4.78 is 17.6. The molecule has 0 saturated carbocycles. The first-order chi connectivity index (χ1) is 38.2. The van der Waals surface area contributed by atoms with Crippen LogP contribution in [0.2, 0.25) is 0 Å². The molecule has 78 heavy (non-hydrogen) atoms. The van der Waals surface area contributed by atoms with E-state index >= 15 is 0 Å². The summed E-state index contributed by atoms with van der Waals surface area (Å²) in [5.74, 6) is -1.20. The summed E-state index contributed by atoms with van der Waals surface area (Å²) in [5, 5.41) is 56.9. The average molecular weight is 1100 g/mol. The third-order valence-electron chi connectivity index (χ3n) is 15.5. The van der Waals surface area contributed by atoms with Gasteiger partial charge in [-0.25, -0.2) is 0 Å². The lowest BCUT2D eigenvalue weighted by atomic mass is 9.99. The second kappa shape index (κ2) is 55.2. The van der Waals surface area contributed by atoms with Crippen molar-refractivity contribution in [3.63, 3.8) is 0 Å². The number of hydrogen-bond acceptors (Lipinski definition) is 10. The average Bonchev–Trinajstić information content (AvgIpc) is 3.46. The molecule has 0 spiro atoms. The van der Waals surface area contributed by atoms with E-state index in [0.29, 0.717) is 12.8 Å². The van der Waals surface area contributed by atoms with Crippen molar-refractivity contribution in [2.75, 3.05) is 13.2 Å². The van der Waals surface area contributed by atoms with Crippen molar-refractivity contribution in [1.82, 2.24) is 5.32 Å². The molecule has 11 heteroatoms. The quantitative estimate of drug-likeness (QED) is 0.0195. The number of carbonyl (C=O) groups excluding carboxylic acids is 2. The van der Waals surface area contributed by atoms with Crippen LogP contribution >= 0.6 is 0 Å². The molecule has 0 aromatic carbocycles. The van der Waals surface area contributed by atoms with Crippen LogP contribution in [0.1, 0.15) is 303 Å². The standard InChI is InChI=1S/C67H123NO10/c1-4-7-10-13-16-19-22-24-25-26-27-28-29-30-31-32-33-34-35-36-37-38-40-43-46-49-52-55-62(72)78-65-64(74)63(73)61(56-69)77-67(65)76-57-58(59(70)53-50-47-44-42-39-23-20-17-14-11-8-5-2)68-66(75)60(71)54-51-48-45-41-21-18-15-12-9-6-3/h15-16,18-19,24-25,50,53,58-61,63-65,67,69-71,73-74H,4-14,17,20-23,26-49,51-52,54-57H2,1-3H3,(H,68,75)/b18-15-,19-16-,25-24-,53-50+. The van der Waals surface area contributed by atoms with Crippen LogP contribution in [0.3, 0.4) is 0 Å². The van der Waals surface area contributed by atoms with Gasteiger partial charge in [-0.05, 0) is 77.0 Å². The smallest absolute Gasteiger partial charge is 0.306 e. The Morgan fingerprint density at radius 2 is 0.897 bits per heavy atom. The maximum atomic E-state index is 13.4. The summed E-state index contributed by atoms with van der Waals surface area (Å²) in [6.45, 7) is 5.73. The Balaban J connectivity index is 2.51. The van der Waals surface area contributed by atoms with Crippen LogP contribution in [0.4, 0.5) is 0 Å². The van der Waals surface area contributed by atoms with Gasteiger partial charge in [-0.2, -0.15) is 0 Å². The van der Waals surface area contributed by atoms with Crippen LogP contribution in [0.15, 0.2) is 48.6 Å². The molecule has 1 heterocycles. The highest BCUT2D eigenvalue weighted by Crippen LogP contribution is 2.26. The number of aliphatic hydroxyl groups is 5. The van der Waals surface area contributed by atoms with Gasteiger partial charge in [-0.1, -0.05) is 268 Å². The van der Waals surface area contributed by atoms with Gasteiger partial charge in [-0.3, -0.25) is 9.59 Å². The van der Waals surface area contributed by atoms with E-state index in [1.54, 1.807) is 6.08 Å². The molecule has 1 saturated heterocycles. The molecular formula is C67H123NO10. The zero-order chi connectivity index (χ0) is 56.8. The molecule has 1 aliphatic heterocycles. The highest BCUT2D eigenvalue weighted by molar-refractivity contribution is 5.80. The third-order valence-corrected chi connectivity index (χ3v) is 15.5. The van der Waals surface area contributed by atoms with E-state index in [-0.39, 0.29) is 19.4 Å². The topological polar surface area (TPSA) is 175 Å². The lowest BCUT2D eigenvalue weighted by molar-refractivity contribution is -0.305. The zero-order valence-corrected chi connectivity index (χ0v) is 50.5. The molecule has 0 aromatic heterocycles. The first kappa shape index (κ1) is 73.6. The highest BCUT2D eigenvalue weighted by Gasteiger charge is 2.47. The monoisotopic (exact) mass is 1100 g/mol. The van der Waals surface area contributed by atoms with E-state index in [2.05, 4.69) is 62.5 Å². The molecule has 6 N–H and O–H groups in total. The van der Waals surface area contributed by atoms with E-state index in [9.17, 15) is 35.1 Å². The fourth-order valence-corrected chi connectivity index (χ4v) is 10.2. The predicted molar refractivity (Wildman–Crippen MR) is 324 cm³/mol.